The van der Waals surface area contributed by atoms with Gasteiger partial charge in [-0.25, -0.2) is 13.1 Å². The summed E-state index contributed by atoms with van der Waals surface area (Å²) < 4.78 is 26.3. The molecule has 6 heteroatoms. The largest absolute Gasteiger partial charge is 0.353 e. The Morgan fingerprint density at radius 1 is 1.28 bits per heavy atom. The van der Waals surface area contributed by atoms with Gasteiger partial charge in [-0.3, -0.25) is 4.79 Å². The van der Waals surface area contributed by atoms with Gasteiger partial charge in [-0.2, -0.15) is 0 Å². The van der Waals surface area contributed by atoms with Crippen molar-refractivity contribution in [2.24, 2.45) is 0 Å². The van der Waals surface area contributed by atoms with E-state index in [1.807, 2.05) is 6.92 Å². The Balaban J connectivity index is 2.65. The van der Waals surface area contributed by atoms with Crippen LogP contribution in [0.2, 0.25) is 0 Å². The quantitative estimate of drug-likeness (QED) is 0.831. The van der Waals surface area contributed by atoms with E-state index >= 15 is 0 Å². The second-order valence-corrected chi connectivity index (χ2v) is 6.03. The summed E-state index contributed by atoms with van der Waals surface area (Å²) in [4.78, 5) is 11.0. The molecule has 0 bridgehead atoms. The molecular weight excluding hydrogens is 252 g/mol. The molecule has 1 rings (SSSR count). The minimum atomic E-state index is -3.51. The lowest BCUT2D eigenvalue weighted by Crippen LogP contribution is -2.40. The fraction of sp³-hybridized carbons (Fsp3) is 0.417. The van der Waals surface area contributed by atoms with E-state index in [2.05, 4.69) is 10.0 Å². The molecule has 0 fully saturated rings. The van der Waals surface area contributed by atoms with E-state index in [-0.39, 0.29) is 23.4 Å². The first-order valence-electron chi connectivity index (χ1n) is 5.64. The molecule has 100 valence electrons. The zero-order valence-corrected chi connectivity index (χ0v) is 11.5. The number of sulfonamides is 1. The van der Waals surface area contributed by atoms with Gasteiger partial charge in [0.05, 0.1) is 4.90 Å². The minimum Gasteiger partial charge on any atom is -0.353 e. The van der Waals surface area contributed by atoms with Crippen molar-refractivity contribution in [3.63, 3.8) is 0 Å². The number of hydrogen-bond acceptors (Lipinski definition) is 3. The maximum absolute atomic E-state index is 11.9. The van der Waals surface area contributed by atoms with Gasteiger partial charge in [0, 0.05) is 19.5 Å². The van der Waals surface area contributed by atoms with Crippen molar-refractivity contribution in [2.45, 2.75) is 31.7 Å². The summed E-state index contributed by atoms with van der Waals surface area (Å²) in [6.07, 6.45) is 0. The highest BCUT2D eigenvalue weighted by atomic mass is 32.2. The van der Waals surface area contributed by atoms with Crippen LogP contribution in [-0.4, -0.2) is 26.9 Å². The highest BCUT2D eigenvalue weighted by Crippen LogP contribution is 2.09. The summed E-state index contributed by atoms with van der Waals surface area (Å²) in [5.74, 6) is -0.183. The molecule has 0 radical (unpaired) electrons. The zero-order chi connectivity index (χ0) is 13.8. The average Bonchev–Trinajstić information content (AvgIpc) is 2.26. The smallest absolute Gasteiger partial charge is 0.240 e. The van der Waals surface area contributed by atoms with E-state index in [1.165, 1.54) is 6.92 Å². The van der Waals surface area contributed by atoms with E-state index in [4.69, 9.17) is 0 Å². The molecule has 0 saturated carbocycles. The van der Waals surface area contributed by atoms with Crippen molar-refractivity contribution in [2.75, 3.05) is 6.54 Å². The maximum Gasteiger partial charge on any atom is 0.240 e. The predicted octanol–water partition coefficient (Wildman–Crippen LogP) is 0.798. The lowest BCUT2D eigenvalue weighted by Gasteiger charge is -2.13. The van der Waals surface area contributed by atoms with Crippen molar-refractivity contribution < 1.29 is 13.2 Å². The summed E-state index contributed by atoms with van der Waals surface area (Å²) in [7, 11) is -3.51. The molecule has 0 heterocycles. The van der Waals surface area contributed by atoms with Crippen LogP contribution in [0.3, 0.4) is 0 Å². The van der Waals surface area contributed by atoms with E-state index < -0.39 is 10.0 Å². The molecule has 5 nitrogen and oxygen atoms in total. The number of hydrogen-bond donors (Lipinski definition) is 2. The summed E-state index contributed by atoms with van der Waals surface area (Å²) in [6, 6.07) is 6.35. The standard InChI is InChI=1S/C12H18N2O3S/c1-9-4-6-12(7-5-9)18(16,17)13-8-10(2)14-11(3)15/h4-7,10,13H,8H2,1-3H3,(H,14,15)/t10-/m1/s1. The minimum absolute atomic E-state index is 0.162. The van der Waals surface area contributed by atoms with Gasteiger partial charge in [0.25, 0.3) is 0 Å². The fourth-order valence-corrected chi connectivity index (χ4v) is 2.56. The average molecular weight is 270 g/mol. The zero-order valence-electron chi connectivity index (χ0n) is 10.7. The number of carbonyl (C=O) groups excluding carboxylic acids is 1. The molecule has 0 aliphatic rings. The molecule has 1 atom stereocenters. The van der Waals surface area contributed by atoms with Crippen LogP contribution in [0.5, 0.6) is 0 Å². The van der Waals surface area contributed by atoms with Crippen LogP contribution in [0.15, 0.2) is 29.2 Å². The van der Waals surface area contributed by atoms with Crippen LogP contribution in [0.25, 0.3) is 0 Å². The Morgan fingerprint density at radius 2 is 1.83 bits per heavy atom. The van der Waals surface area contributed by atoms with Crippen LogP contribution >= 0.6 is 0 Å². The van der Waals surface area contributed by atoms with Crippen LogP contribution in [0, 0.1) is 6.92 Å². The number of rotatable bonds is 5. The van der Waals surface area contributed by atoms with E-state index in [1.54, 1.807) is 31.2 Å². The number of aryl methyl sites for hydroxylation is 1. The number of carbonyl (C=O) groups is 1. The Labute approximate surface area is 108 Å². The first-order valence-corrected chi connectivity index (χ1v) is 7.13. The van der Waals surface area contributed by atoms with Gasteiger partial charge in [0.15, 0.2) is 0 Å². The first kappa shape index (κ1) is 14.7. The van der Waals surface area contributed by atoms with Crippen molar-refractivity contribution in [3.05, 3.63) is 29.8 Å². The summed E-state index contributed by atoms with van der Waals surface area (Å²) in [6.45, 7) is 5.18. The second-order valence-electron chi connectivity index (χ2n) is 4.27. The van der Waals surface area contributed by atoms with Crippen molar-refractivity contribution in [1.82, 2.24) is 10.0 Å². The van der Waals surface area contributed by atoms with Crippen LogP contribution < -0.4 is 10.0 Å². The third kappa shape index (κ3) is 4.46. The fourth-order valence-electron chi connectivity index (χ4n) is 1.43. The maximum atomic E-state index is 11.9. The molecule has 1 aromatic carbocycles. The molecule has 0 saturated heterocycles. The lowest BCUT2D eigenvalue weighted by atomic mass is 10.2. The van der Waals surface area contributed by atoms with Crippen LogP contribution in [0.4, 0.5) is 0 Å². The Kier molecular flexibility index (Phi) is 4.86. The van der Waals surface area contributed by atoms with Gasteiger partial charge >= 0.3 is 0 Å². The molecule has 0 aliphatic heterocycles. The Bertz CT molecular complexity index is 509. The Morgan fingerprint density at radius 3 is 2.33 bits per heavy atom. The molecule has 2 N–H and O–H groups in total. The van der Waals surface area contributed by atoms with Gasteiger partial charge in [0.1, 0.15) is 0 Å². The van der Waals surface area contributed by atoms with Gasteiger partial charge in [-0.15, -0.1) is 0 Å². The molecule has 1 aromatic rings. The number of benzene rings is 1. The van der Waals surface area contributed by atoms with Crippen molar-refractivity contribution in [3.8, 4) is 0 Å². The van der Waals surface area contributed by atoms with Gasteiger partial charge in [-0.1, -0.05) is 17.7 Å². The lowest BCUT2D eigenvalue weighted by molar-refractivity contribution is -0.119. The molecular formula is C12H18N2O3S. The molecule has 0 aromatic heterocycles. The first-order chi connectivity index (χ1) is 8.31. The molecule has 1 amide bonds. The van der Waals surface area contributed by atoms with Crippen LogP contribution in [-0.2, 0) is 14.8 Å². The van der Waals surface area contributed by atoms with Gasteiger partial charge in [0.2, 0.25) is 15.9 Å². The normalized spacial score (nSPS) is 13.1. The summed E-state index contributed by atoms with van der Waals surface area (Å²) in [5.41, 5.74) is 1.00. The highest BCUT2D eigenvalue weighted by Gasteiger charge is 2.14. The number of amides is 1. The van der Waals surface area contributed by atoms with E-state index in [0.29, 0.717) is 0 Å². The van der Waals surface area contributed by atoms with Crippen molar-refractivity contribution in [1.29, 1.82) is 0 Å². The number of nitrogens with one attached hydrogen (secondary N) is 2. The van der Waals surface area contributed by atoms with E-state index in [0.717, 1.165) is 5.56 Å². The monoisotopic (exact) mass is 270 g/mol. The SMILES string of the molecule is CC(=O)N[C@H](C)CNS(=O)(=O)c1ccc(C)cc1. The van der Waals surface area contributed by atoms with Crippen LogP contribution in [0.1, 0.15) is 19.4 Å². The summed E-state index contributed by atoms with van der Waals surface area (Å²) >= 11 is 0. The Hall–Kier alpha value is -1.40. The molecule has 0 unspecified atom stereocenters. The topological polar surface area (TPSA) is 75.3 Å². The predicted molar refractivity (Wildman–Crippen MR) is 69.6 cm³/mol. The molecule has 0 spiro atoms. The van der Waals surface area contributed by atoms with Crippen molar-refractivity contribution >= 4 is 15.9 Å². The summed E-state index contributed by atoms with van der Waals surface area (Å²) in [5, 5.41) is 2.61. The molecule has 18 heavy (non-hydrogen) atoms. The van der Waals surface area contributed by atoms with Gasteiger partial charge < -0.3 is 5.32 Å². The third-order valence-electron chi connectivity index (χ3n) is 2.36. The molecule has 0 aliphatic carbocycles. The highest BCUT2D eigenvalue weighted by molar-refractivity contribution is 7.89. The third-order valence-corrected chi connectivity index (χ3v) is 3.80. The second kappa shape index (κ2) is 5.97. The van der Waals surface area contributed by atoms with E-state index in [9.17, 15) is 13.2 Å². The van der Waals surface area contributed by atoms with Gasteiger partial charge in [-0.05, 0) is 26.0 Å².